The van der Waals surface area contributed by atoms with Crippen LogP contribution in [0.25, 0.3) is 16.5 Å². The summed E-state index contributed by atoms with van der Waals surface area (Å²) in [5.41, 5.74) is 4.64. The third kappa shape index (κ3) is 3.29. The number of rotatable bonds is 4. The fraction of sp³-hybridized carbons (Fsp3) is 0.538. The predicted molar refractivity (Wildman–Crippen MR) is 132 cm³/mol. The van der Waals surface area contributed by atoms with E-state index in [-0.39, 0.29) is 29.7 Å². The minimum Gasteiger partial charge on any atom is -0.343 e. The van der Waals surface area contributed by atoms with E-state index in [4.69, 9.17) is 0 Å². The molecule has 2 heterocycles. The van der Waals surface area contributed by atoms with E-state index < -0.39 is 0 Å². The Kier molecular flexibility index (Phi) is 5.79. The Morgan fingerprint density at radius 3 is 2.56 bits per heavy atom. The smallest absolute Gasteiger partial charge is 0.235 e. The van der Waals surface area contributed by atoms with Crippen LogP contribution in [0.4, 0.5) is 0 Å². The van der Waals surface area contributed by atoms with Gasteiger partial charge in [-0.05, 0) is 78.9 Å². The maximum absolute atomic E-state index is 13.5. The molecule has 1 aromatic carbocycles. The van der Waals surface area contributed by atoms with Gasteiger partial charge in [-0.1, -0.05) is 31.1 Å². The highest BCUT2D eigenvalue weighted by molar-refractivity contribution is 9.10. The van der Waals surface area contributed by atoms with Crippen molar-refractivity contribution in [2.24, 2.45) is 11.8 Å². The number of fused-ring (bicyclic) bond motifs is 2. The van der Waals surface area contributed by atoms with Crippen molar-refractivity contribution in [2.45, 2.75) is 52.0 Å². The van der Waals surface area contributed by atoms with Crippen LogP contribution in [0.1, 0.15) is 55.5 Å². The van der Waals surface area contributed by atoms with Crippen molar-refractivity contribution in [3.8, 4) is 0 Å². The van der Waals surface area contributed by atoms with Gasteiger partial charge in [-0.25, -0.2) is 0 Å². The number of aromatic nitrogens is 1. The van der Waals surface area contributed by atoms with Crippen LogP contribution >= 0.6 is 15.9 Å². The summed E-state index contributed by atoms with van der Waals surface area (Å²) in [6, 6.07) is 6.53. The molecule has 1 amide bonds. The van der Waals surface area contributed by atoms with Gasteiger partial charge in [-0.15, -0.1) is 0 Å². The van der Waals surface area contributed by atoms with Crippen LogP contribution in [0.15, 0.2) is 28.9 Å². The van der Waals surface area contributed by atoms with Crippen molar-refractivity contribution in [1.29, 1.82) is 0 Å². The zero-order valence-corrected chi connectivity index (χ0v) is 20.8. The fourth-order valence-corrected chi connectivity index (χ4v) is 6.81. The van der Waals surface area contributed by atoms with Gasteiger partial charge in [0, 0.05) is 37.0 Å². The molecular weight excluding hydrogens is 466 g/mol. The molecule has 0 saturated heterocycles. The highest BCUT2D eigenvalue weighted by Gasteiger charge is 2.39. The lowest BCUT2D eigenvalue weighted by atomic mass is 9.79. The lowest BCUT2D eigenvalue weighted by molar-refractivity contribution is -0.134. The van der Waals surface area contributed by atoms with Gasteiger partial charge in [-0.3, -0.25) is 19.1 Å². The van der Waals surface area contributed by atoms with Crippen molar-refractivity contribution in [3.63, 3.8) is 0 Å². The number of halogens is 1. The van der Waals surface area contributed by atoms with E-state index in [1.165, 1.54) is 22.1 Å². The summed E-state index contributed by atoms with van der Waals surface area (Å²) >= 11 is 3.82. The SMILES string of the molecule is CCN(CC)C(=O)C1C=C2c3cccc4c3c(c(Br)n4C(=O)C3CCCC3)CC2N(C)C1. The Bertz CT molecular complexity index is 1110. The molecule has 1 saturated carbocycles. The molecule has 2 aromatic rings. The summed E-state index contributed by atoms with van der Waals surface area (Å²) < 4.78 is 2.85. The molecule has 3 aliphatic rings. The van der Waals surface area contributed by atoms with Crippen LogP contribution < -0.4 is 0 Å². The van der Waals surface area contributed by atoms with Gasteiger partial charge >= 0.3 is 0 Å². The Labute approximate surface area is 198 Å². The second kappa shape index (κ2) is 8.45. The maximum Gasteiger partial charge on any atom is 0.235 e. The summed E-state index contributed by atoms with van der Waals surface area (Å²) in [6.45, 7) is 6.29. The highest BCUT2D eigenvalue weighted by Crippen LogP contribution is 2.45. The molecule has 5 nitrogen and oxygen atoms in total. The molecule has 170 valence electrons. The van der Waals surface area contributed by atoms with E-state index in [9.17, 15) is 9.59 Å². The van der Waals surface area contributed by atoms with Crippen LogP contribution in [0.5, 0.6) is 0 Å². The number of hydrogen-bond donors (Lipinski definition) is 0. The number of amides is 1. The lowest BCUT2D eigenvalue weighted by Gasteiger charge is -2.40. The van der Waals surface area contributed by atoms with Crippen molar-refractivity contribution in [2.75, 3.05) is 26.7 Å². The van der Waals surface area contributed by atoms with E-state index in [0.29, 0.717) is 0 Å². The van der Waals surface area contributed by atoms with E-state index in [1.54, 1.807) is 0 Å². The molecule has 6 heteroatoms. The maximum atomic E-state index is 13.5. The molecule has 0 N–H and O–H groups in total. The normalized spacial score (nSPS) is 23.3. The standard InChI is InChI=1S/C26H32BrN3O2/c1-4-29(5-2)25(31)17-13-19-18-11-8-12-21-23(18)20(14-22(19)28(3)15-17)24(27)30(21)26(32)16-9-6-7-10-16/h8,11-13,16-17,22H,4-7,9-10,14-15H2,1-3H3. The molecule has 0 spiro atoms. The second-order valence-electron chi connectivity index (χ2n) is 9.52. The van der Waals surface area contributed by atoms with Gasteiger partial charge in [-0.2, -0.15) is 0 Å². The van der Waals surface area contributed by atoms with Gasteiger partial charge in [0.25, 0.3) is 0 Å². The first-order chi connectivity index (χ1) is 15.5. The van der Waals surface area contributed by atoms with Crippen molar-refractivity contribution in [3.05, 3.63) is 40.0 Å². The molecule has 1 aromatic heterocycles. The van der Waals surface area contributed by atoms with Gasteiger partial charge in [0.05, 0.1) is 16.0 Å². The average molecular weight is 498 g/mol. The topological polar surface area (TPSA) is 45.6 Å². The molecule has 32 heavy (non-hydrogen) atoms. The summed E-state index contributed by atoms with van der Waals surface area (Å²) in [5.74, 6) is 0.429. The number of nitrogens with zero attached hydrogens (tertiary/aromatic N) is 3. The summed E-state index contributed by atoms with van der Waals surface area (Å²) in [4.78, 5) is 30.9. The largest absolute Gasteiger partial charge is 0.343 e. The first kappa shape index (κ1) is 21.9. The number of benzene rings is 1. The minimum atomic E-state index is -0.131. The van der Waals surface area contributed by atoms with Crippen LogP contribution in [0, 0.1) is 11.8 Å². The second-order valence-corrected chi connectivity index (χ2v) is 10.3. The summed E-state index contributed by atoms with van der Waals surface area (Å²) in [6.07, 6.45) is 7.35. The Hall–Kier alpha value is -1.92. The number of hydrogen-bond acceptors (Lipinski definition) is 3. The average Bonchev–Trinajstić information content (AvgIpc) is 3.43. The van der Waals surface area contributed by atoms with Crippen LogP contribution in [-0.2, 0) is 11.2 Å². The molecule has 1 aliphatic heterocycles. The third-order valence-electron chi connectivity index (χ3n) is 7.81. The van der Waals surface area contributed by atoms with E-state index >= 15 is 0 Å². The number of carbonyl (C=O) groups excluding carboxylic acids is 2. The molecule has 1 fully saturated rings. The molecule has 2 aliphatic carbocycles. The third-order valence-corrected chi connectivity index (χ3v) is 8.65. The summed E-state index contributed by atoms with van der Waals surface area (Å²) in [7, 11) is 2.12. The molecule has 2 atom stereocenters. The van der Waals surface area contributed by atoms with Gasteiger partial charge in [0.1, 0.15) is 0 Å². The predicted octanol–water partition coefficient (Wildman–Crippen LogP) is 4.97. The molecule has 0 radical (unpaired) electrons. The van der Waals surface area contributed by atoms with Gasteiger partial charge in [0.2, 0.25) is 11.8 Å². The highest BCUT2D eigenvalue weighted by atomic mass is 79.9. The first-order valence-electron chi connectivity index (χ1n) is 12.0. The van der Waals surface area contributed by atoms with Gasteiger partial charge in [0.15, 0.2) is 0 Å². The molecular formula is C26H32BrN3O2. The fourth-order valence-electron chi connectivity index (χ4n) is 6.09. The monoisotopic (exact) mass is 497 g/mol. The number of likely N-dealkylation sites (N-methyl/N-ethyl adjacent to an activating group) is 1. The van der Waals surface area contributed by atoms with Gasteiger partial charge < -0.3 is 4.90 Å². The lowest BCUT2D eigenvalue weighted by Crippen LogP contribution is -2.47. The van der Waals surface area contributed by atoms with E-state index in [1.807, 2.05) is 23.3 Å². The van der Waals surface area contributed by atoms with Crippen molar-refractivity contribution >= 4 is 44.2 Å². The molecule has 5 rings (SSSR count). The molecule has 0 bridgehead atoms. The van der Waals surface area contributed by atoms with E-state index in [0.717, 1.165) is 61.9 Å². The Morgan fingerprint density at radius 2 is 1.88 bits per heavy atom. The van der Waals surface area contributed by atoms with Crippen LogP contribution in [0.3, 0.4) is 0 Å². The zero-order chi connectivity index (χ0) is 22.6. The first-order valence-corrected chi connectivity index (χ1v) is 12.8. The van der Waals surface area contributed by atoms with Crippen molar-refractivity contribution in [1.82, 2.24) is 14.4 Å². The summed E-state index contributed by atoms with van der Waals surface area (Å²) in [5, 5.41) is 1.18. The minimum absolute atomic E-state index is 0.124. The van der Waals surface area contributed by atoms with Crippen molar-refractivity contribution < 1.29 is 9.59 Å². The van der Waals surface area contributed by atoms with Crippen LogP contribution in [0.2, 0.25) is 0 Å². The number of carbonyl (C=O) groups is 2. The van der Waals surface area contributed by atoms with E-state index in [2.05, 4.69) is 52.2 Å². The van der Waals surface area contributed by atoms with Crippen LogP contribution in [-0.4, -0.2) is 58.9 Å². The molecule has 2 unspecified atom stereocenters. The Balaban J connectivity index is 1.63. The Morgan fingerprint density at radius 1 is 1.16 bits per heavy atom. The zero-order valence-electron chi connectivity index (χ0n) is 19.2. The quantitative estimate of drug-likeness (QED) is 0.598.